The van der Waals surface area contributed by atoms with Crippen LogP contribution in [-0.4, -0.2) is 53.1 Å². The lowest BCUT2D eigenvalue weighted by Gasteiger charge is -2.07. The largest absolute Gasteiger partial charge is 0.493 e. The number of ether oxygens (including phenoxy) is 3. The monoisotopic (exact) mass is 476 g/mol. The van der Waals surface area contributed by atoms with Crippen LogP contribution in [0.2, 0.25) is 0 Å². The second kappa shape index (κ2) is 10.1. The van der Waals surface area contributed by atoms with E-state index in [4.69, 9.17) is 14.2 Å². The Hall–Kier alpha value is -2.95. The zero-order valence-corrected chi connectivity index (χ0v) is 19.8. The van der Waals surface area contributed by atoms with Crippen LogP contribution in [0.1, 0.15) is 5.56 Å². The molecule has 0 atom stereocenters. The first-order valence-electron chi connectivity index (χ1n) is 9.58. The van der Waals surface area contributed by atoms with Crippen LogP contribution in [0.5, 0.6) is 11.5 Å². The molecule has 0 aliphatic rings. The molecule has 0 radical (unpaired) electrons. The molecule has 0 saturated heterocycles. The number of thiazole rings is 1. The average molecular weight is 477 g/mol. The number of aromatic nitrogens is 1. The van der Waals surface area contributed by atoms with Crippen LogP contribution in [0.4, 0.5) is 0 Å². The Bertz CT molecular complexity index is 1340. The molecule has 2 aromatic carbocycles. The molecule has 8 nitrogen and oxygen atoms in total. The van der Waals surface area contributed by atoms with Gasteiger partial charge in [0.2, 0.25) is 0 Å². The molecule has 0 bridgehead atoms. The number of hydrogen-bond acceptors (Lipinski definition) is 7. The Morgan fingerprint density at radius 3 is 2.50 bits per heavy atom. The van der Waals surface area contributed by atoms with E-state index < -0.39 is 15.7 Å². The lowest BCUT2D eigenvalue weighted by atomic mass is 10.2. The standard InChI is InChI=1S/C22H24N2O6S2/c1-28-12-11-24-17-8-7-16(32(4,26)27)14-20(17)31-22(24)23-21(25)10-6-15-5-9-18(29-2)19(13-15)30-3/h5-10,13-14H,11-12H2,1-4H3. The second-order valence-corrected chi connectivity index (χ2v) is 9.85. The molecule has 3 rings (SSSR count). The molecule has 170 valence electrons. The summed E-state index contributed by atoms with van der Waals surface area (Å²) in [6.45, 7) is 0.892. The van der Waals surface area contributed by atoms with Crippen LogP contribution in [-0.2, 0) is 25.9 Å². The molecular formula is C22H24N2O6S2. The van der Waals surface area contributed by atoms with Crippen LogP contribution < -0.4 is 14.3 Å². The molecule has 0 aliphatic carbocycles. The van der Waals surface area contributed by atoms with Gasteiger partial charge in [-0.15, -0.1) is 0 Å². The minimum atomic E-state index is -3.34. The van der Waals surface area contributed by atoms with Gasteiger partial charge in [-0.05, 0) is 42.0 Å². The highest BCUT2D eigenvalue weighted by atomic mass is 32.2. The van der Waals surface area contributed by atoms with Crippen LogP contribution in [0, 0.1) is 0 Å². The molecule has 0 fully saturated rings. The van der Waals surface area contributed by atoms with E-state index in [1.807, 2.05) is 4.57 Å². The average Bonchev–Trinajstić information content (AvgIpc) is 3.11. The van der Waals surface area contributed by atoms with E-state index in [0.29, 0.717) is 29.5 Å². The van der Waals surface area contributed by atoms with Crippen LogP contribution >= 0.6 is 11.3 Å². The number of methoxy groups -OCH3 is 3. The molecule has 10 heteroatoms. The number of carbonyl (C=O) groups excluding carboxylic acids is 1. The summed E-state index contributed by atoms with van der Waals surface area (Å²) in [6, 6.07) is 10.2. The highest BCUT2D eigenvalue weighted by Gasteiger charge is 2.12. The van der Waals surface area contributed by atoms with Gasteiger partial charge in [0, 0.05) is 26.0 Å². The van der Waals surface area contributed by atoms with Crippen molar-refractivity contribution in [3.8, 4) is 11.5 Å². The molecule has 0 N–H and O–H groups in total. The van der Waals surface area contributed by atoms with Crippen molar-refractivity contribution in [1.82, 2.24) is 4.57 Å². The molecule has 1 aromatic heterocycles. The molecule has 0 unspecified atom stereocenters. The van der Waals surface area contributed by atoms with Crippen molar-refractivity contribution in [3.05, 3.63) is 52.8 Å². The zero-order chi connectivity index (χ0) is 23.3. The van der Waals surface area contributed by atoms with Gasteiger partial charge in [0.15, 0.2) is 26.1 Å². The molecule has 1 amide bonds. The maximum atomic E-state index is 12.5. The first-order chi connectivity index (χ1) is 15.3. The van der Waals surface area contributed by atoms with Crippen LogP contribution in [0.15, 0.2) is 52.4 Å². The molecule has 1 heterocycles. The summed E-state index contributed by atoms with van der Waals surface area (Å²) in [5.41, 5.74) is 1.54. The predicted molar refractivity (Wildman–Crippen MR) is 124 cm³/mol. The highest BCUT2D eigenvalue weighted by Crippen LogP contribution is 2.28. The predicted octanol–water partition coefficient (Wildman–Crippen LogP) is 2.91. The van der Waals surface area contributed by atoms with E-state index in [1.54, 1.807) is 63.8 Å². The molecule has 32 heavy (non-hydrogen) atoms. The first kappa shape index (κ1) is 23.7. The smallest absolute Gasteiger partial charge is 0.272 e. The van der Waals surface area contributed by atoms with E-state index in [9.17, 15) is 13.2 Å². The fraction of sp³-hybridized carbons (Fsp3) is 0.273. The fourth-order valence-electron chi connectivity index (χ4n) is 3.02. The summed E-state index contributed by atoms with van der Waals surface area (Å²) in [4.78, 5) is 17.5. The third kappa shape index (κ3) is 5.45. The second-order valence-electron chi connectivity index (χ2n) is 6.83. The van der Waals surface area contributed by atoms with Gasteiger partial charge in [-0.3, -0.25) is 4.79 Å². The van der Waals surface area contributed by atoms with E-state index in [0.717, 1.165) is 22.0 Å². The SMILES string of the molecule is COCCn1c(=NC(=O)C=Cc2ccc(OC)c(OC)c2)sc2cc(S(C)(=O)=O)ccc21. The third-order valence-corrected chi connectivity index (χ3v) is 6.78. The zero-order valence-electron chi connectivity index (χ0n) is 18.2. The van der Waals surface area contributed by atoms with Crippen LogP contribution in [0.3, 0.4) is 0 Å². The number of benzene rings is 2. The maximum Gasteiger partial charge on any atom is 0.272 e. The van der Waals surface area contributed by atoms with Crippen molar-refractivity contribution < 1.29 is 27.4 Å². The van der Waals surface area contributed by atoms with Crippen molar-refractivity contribution in [1.29, 1.82) is 0 Å². The van der Waals surface area contributed by atoms with Crippen LogP contribution in [0.25, 0.3) is 16.3 Å². The van der Waals surface area contributed by atoms with E-state index >= 15 is 0 Å². The Balaban J connectivity index is 1.98. The fourth-order valence-corrected chi connectivity index (χ4v) is 4.85. The number of rotatable bonds is 8. The van der Waals surface area contributed by atoms with Gasteiger partial charge in [-0.25, -0.2) is 8.42 Å². The van der Waals surface area contributed by atoms with E-state index in [2.05, 4.69) is 4.99 Å². The Kier molecular flexibility index (Phi) is 7.49. The molecule has 3 aromatic rings. The summed E-state index contributed by atoms with van der Waals surface area (Å²) < 4.78 is 42.0. The summed E-state index contributed by atoms with van der Waals surface area (Å²) in [5, 5.41) is 0. The summed E-state index contributed by atoms with van der Waals surface area (Å²) in [6.07, 6.45) is 4.17. The normalized spacial score (nSPS) is 12.6. The number of sulfone groups is 1. The molecule has 0 aliphatic heterocycles. The van der Waals surface area contributed by atoms with Crippen molar-refractivity contribution in [3.63, 3.8) is 0 Å². The topological polar surface area (TPSA) is 96.2 Å². The quantitative estimate of drug-likeness (QED) is 0.464. The van der Waals surface area contributed by atoms with E-state index in [1.165, 1.54) is 17.4 Å². The van der Waals surface area contributed by atoms with Gasteiger partial charge in [0.1, 0.15) is 0 Å². The van der Waals surface area contributed by atoms with Gasteiger partial charge < -0.3 is 18.8 Å². The maximum absolute atomic E-state index is 12.5. The molecule has 0 saturated carbocycles. The van der Waals surface area contributed by atoms with Crippen molar-refractivity contribution >= 4 is 43.4 Å². The van der Waals surface area contributed by atoms with Crippen molar-refractivity contribution in [2.45, 2.75) is 11.4 Å². The van der Waals surface area contributed by atoms with Gasteiger partial charge in [0.05, 0.1) is 35.9 Å². The Morgan fingerprint density at radius 2 is 1.84 bits per heavy atom. The molecular weight excluding hydrogens is 452 g/mol. The molecule has 0 spiro atoms. The Labute approximate surface area is 190 Å². The Morgan fingerprint density at radius 1 is 1.09 bits per heavy atom. The van der Waals surface area contributed by atoms with Gasteiger partial charge >= 0.3 is 0 Å². The number of nitrogens with zero attached hydrogens (tertiary/aromatic N) is 2. The summed E-state index contributed by atoms with van der Waals surface area (Å²) in [7, 11) is 1.34. The minimum absolute atomic E-state index is 0.219. The number of hydrogen-bond donors (Lipinski definition) is 0. The third-order valence-electron chi connectivity index (χ3n) is 4.63. The number of fused-ring (bicyclic) bond motifs is 1. The van der Waals surface area contributed by atoms with Gasteiger partial charge in [0.25, 0.3) is 5.91 Å². The van der Waals surface area contributed by atoms with Gasteiger partial charge in [-0.2, -0.15) is 4.99 Å². The number of amides is 1. The highest BCUT2D eigenvalue weighted by molar-refractivity contribution is 7.90. The van der Waals surface area contributed by atoms with Crippen molar-refractivity contribution in [2.24, 2.45) is 4.99 Å². The lowest BCUT2D eigenvalue weighted by molar-refractivity contribution is -0.113. The van der Waals surface area contributed by atoms with Gasteiger partial charge in [-0.1, -0.05) is 17.4 Å². The van der Waals surface area contributed by atoms with E-state index in [-0.39, 0.29) is 4.90 Å². The minimum Gasteiger partial charge on any atom is -0.493 e. The van der Waals surface area contributed by atoms with Crippen molar-refractivity contribution in [2.75, 3.05) is 34.2 Å². The number of carbonyl (C=O) groups is 1. The lowest BCUT2D eigenvalue weighted by Crippen LogP contribution is -2.18. The summed E-state index contributed by atoms with van der Waals surface area (Å²) >= 11 is 1.25. The first-order valence-corrected chi connectivity index (χ1v) is 12.3. The summed E-state index contributed by atoms with van der Waals surface area (Å²) in [5.74, 6) is 0.710.